The van der Waals surface area contributed by atoms with Crippen LogP contribution in [0, 0.1) is 11.7 Å². The molecule has 17 nitrogen and oxygen atoms in total. The van der Waals surface area contributed by atoms with Crippen LogP contribution in [-0.4, -0.2) is 116 Å². The number of hydrogen-bond donors (Lipinski definition) is 4. The van der Waals surface area contributed by atoms with Crippen molar-refractivity contribution in [1.29, 1.82) is 0 Å². The molecular formula is C54H61F2N9O8S. The van der Waals surface area contributed by atoms with Crippen LogP contribution in [0.5, 0.6) is 5.75 Å². The smallest absolute Gasteiger partial charge is 0.407 e. The molecule has 4 N–H and O–H groups in total. The Morgan fingerprint density at radius 3 is 2.05 bits per heavy atom. The average Bonchev–Trinajstić information content (AvgIpc) is 4.10. The molecule has 0 spiro atoms. The first kappa shape index (κ1) is 49.4. The maximum atomic E-state index is 17.0. The summed E-state index contributed by atoms with van der Waals surface area (Å²) in [5.74, 6) is 0.596. The molecule has 390 valence electrons. The molecule has 20 heteroatoms. The number of alkyl carbamates (subject to hydrolysis) is 2. The Bertz CT molecular complexity index is 3130. The quantitative estimate of drug-likeness (QED) is 0.0915. The second kappa shape index (κ2) is 19.5. The molecule has 0 radical (unpaired) electrons. The first-order chi connectivity index (χ1) is 35.6. The number of nitrogens with zero attached hydrogens (tertiary/aromatic N) is 5. The van der Waals surface area contributed by atoms with E-state index in [1.54, 1.807) is 23.7 Å². The summed E-state index contributed by atoms with van der Waals surface area (Å²) in [7, 11) is 2.45. The summed E-state index contributed by atoms with van der Waals surface area (Å²) in [5, 5.41) is 6.08. The average molecular weight is 1030 g/mol. The molecule has 74 heavy (non-hydrogen) atoms. The van der Waals surface area contributed by atoms with Crippen LogP contribution in [0.25, 0.3) is 44.7 Å². The molecule has 1 saturated carbocycles. The molecule has 2 unspecified atom stereocenters. The number of hydrogen-bond acceptors (Lipinski definition) is 11. The fraction of sp³-hybridized carbons (Fsp3) is 0.481. The molecule has 1 aliphatic carbocycles. The van der Waals surface area contributed by atoms with E-state index in [0.29, 0.717) is 91.0 Å². The second-order valence-electron chi connectivity index (χ2n) is 21.0. The van der Waals surface area contributed by atoms with E-state index in [9.17, 15) is 19.2 Å². The number of imidazole rings is 2. The predicted octanol–water partition coefficient (Wildman–Crippen LogP) is 9.83. The van der Waals surface area contributed by atoms with Crippen molar-refractivity contribution in [3.8, 4) is 39.5 Å². The minimum absolute atomic E-state index is 0.0577. The van der Waals surface area contributed by atoms with Crippen molar-refractivity contribution in [2.75, 3.05) is 27.3 Å². The molecular weight excluding hydrogens is 973 g/mol. The largest absolute Gasteiger partial charge is 0.464 e. The van der Waals surface area contributed by atoms with E-state index >= 15 is 8.78 Å². The second-order valence-corrected chi connectivity index (χ2v) is 22.1. The van der Waals surface area contributed by atoms with Crippen LogP contribution in [0.4, 0.5) is 18.4 Å². The zero-order chi connectivity index (χ0) is 51.7. The molecule has 4 amide bonds. The number of halogens is 2. The van der Waals surface area contributed by atoms with E-state index in [2.05, 4.69) is 53.1 Å². The number of H-pyrrole nitrogens is 2. The molecule has 4 aromatic heterocycles. The highest BCUT2D eigenvalue weighted by Crippen LogP contribution is 2.50. The van der Waals surface area contributed by atoms with Crippen LogP contribution in [-0.2, 0) is 23.8 Å². The van der Waals surface area contributed by atoms with E-state index in [0.717, 1.165) is 53.4 Å². The van der Waals surface area contributed by atoms with Gasteiger partial charge in [0.15, 0.2) is 0 Å². The Balaban J connectivity index is 0.893. The van der Waals surface area contributed by atoms with Gasteiger partial charge in [0.05, 0.1) is 83.9 Å². The van der Waals surface area contributed by atoms with Crippen molar-refractivity contribution in [3.05, 3.63) is 88.1 Å². The number of benzene rings is 2. The van der Waals surface area contributed by atoms with Gasteiger partial charge in [0.25, 0.3) is 0 Å². The summed E-state index contributed by atoms with van der Waals surface area (Å²) in [6.45, 7) is 7.29. The molecule has 6 aromatic rings. The number of aromatic nitrogens is 5. The van der Waals surface area contributed by atoms with Crippen LogP contribution in [0.2, 0.25) is 0 Å². The molecule has 4 fully saturated rings. The molecule has 8 atom stereocenters. The van der Waals surface area contributed by atoms with Crippen molar-refractivity contribution in [2.45, 2.75) is 133 Å². The number of likely N-dealkylation sites (tertiary alicyclic amines) is 2. The maximum absolute atomic E-state index is 17.0. The number of aromatic amines is 2. The van der Waals surface area contributed by atoms with Gasteiger partial charge in [-0.2, -0.15) is 0 Å². The number of fused-ring (bicyclic) bond motifs is 5. The monoisotopic (exact) mass is 1030 g/mol. The summed E-state index contributed by atoms with van der Waals surface area (Å²) in [4.78, 5) is 74.9. The van der Waals surface area contributed by atoms with Crippen LogP contribution in [0.15, 0.2) is 60.9 Å². The van der Waals surface area contributed by atoms with Gasteiger partial charge in [0.1, 0.15) is 41.0 Å². The van der Waals surface area contributed by atoms with Gasteiger partial charge in [-0.15, -0.1) is 11.3 Å². The van der Waals surface area contributed by atoms with E-state index < -0.39 is 53.9 Å². The highest BCUT2D eigenvalue weighted by atomic mass is 32.1. The topological polar surface area (TPSA) is 198 Å². The lowest BCUT2D eigenvalue weighted by Gasteiger charge is -2.38. The van der Waals surface area contributed by atoms with E-state index in [1.807, 2.05) is 43.0 Å². The summed E-state index contributed by atoms with van der Waals surface area (Å²) in [6.07, 6.45) is 7.29. The lowest BCUT2D eigenvalue weighted by atomic mass is 9.85. The van der Waals surface area contributed by atoms with Gasteiger partial charge < -0.3 is 49.3 Å². The highest BCUT2D eigenvalue weighted by molar-refractivity contribution is 7.12. The molecule has 0 bridgehead atoms. The van der Waals surface area contributed by atoms with Gasteiger partial charge in [-0.05, 0) is 133 Å². The van der Waals surface area contributed by atoms with Crippen LogP contribution in [0.1, 0.15) is 125 Å². The Labute approximate surface area is 430 Å². The van der Waals surface area contributed by atoms with E-state index in [1.165, 1.54) is 36.8 Å². The summed E-state index contributed by atoms with van der Waals surface area (Å²) in [5.41, 5.74) is 2.33. The van der Waals surface area contributed by atoms with Crippen molar-refractivity contribution < 1.29 is 46.9 Å². The van der Waals surface area contributed by atoms with Crippen LogP contribution >= 0.6 is 11.3 Å². The van der Waals surface area contributed by atoms with Gasteiger partial charge in [-0.1, -0.05) is 6.07 Å². The summed E-state index contributed by atoms with van der Waals surface area (Å²) < 4.78 is 57.0. The van der Waals surface area contributed by atoms with Gasteiger partial charge in [0.2, 0.25) is 18.0 Å². The van der Waals surface area contributed by atoms with Crippen LogP contribution in [0.3, 0.4) is 0 Å². The predicted molar refractivity (Wildman–Crippen MR) is 272 cm³/mol. The van der Waals surface area contributed by atoms with Gasteiger partial charge in [-0.3, -0.25) is 14.2 Å². The summed E-state index contributed by atoms with van der Waals surface area (Å²) in [6, 6.07) is 12.5. The first-order valence-electron chi connectivity index (χ1n) is 25.6. The minimum atomic E-state index is -2.09. The van der Waals surface area contributed by atoms with Gasteiger partial charge in [0, 0.05) is 34.5 Å². The first-order valence-corrected chi connectivity index (χ1v) is 26.4. The number of carbonyl (C=O) groups is 4. The number of amides is 4. The number of nitrogens with one attached hydrogen (secondary N) is 4. The Hall–Kier alpha value is -6.80. The highest BCUT2D eigenvalue weighted by Gasteiger charge is 2.45. The molecule has 8 heterocycles. The van der Waals surface area contributed by atoms with Crippen molar-refractivity contribution in [3.63, 3.8) is 0 Å². The molecule has 3 saturated heterocycles. The normalized spacial score (nSPS) is 23.5. The maximum Gasteiger partial charge on any atom is 0.407 e. The van der Waals surface area contributed by atoms with Gasteiger partial charge in [-0.25, -0.2) is 28.3 Å². The number of thiophene rings is 1. The number of carbonyl (C=O) groups excluding carboxylic acids is 4. The molecule has 2 aromatic carbocycles. The zero-order valence-corrected chi connectivity index (χ0v) is 43.0. The van der Waals surface area contributed by atoms with Crippen molar-refractivity contribution >= 4 is 46.2 Å². The van der Waals surface area contributed by atoms with Crippen molar-refractivity contribution in [2.24, 2.45) is 5.92 Å². The van der Waals surface area contributed by atoms with E-state index in [-0.39, 0.29) is 30.1 Å². The lowest BCUT2D eigenvalue weighted by Crippen LogP contribution is -2.56. The molecule has 11 rings (SSSR count). The number of alkyl halides is 1. The molecule has 5 aliphatic rings. The Morgan fingerprint density at radius 2 is 1.42 bits per heavy atom. The van der Waals surface area contributed by atoms with Crippen molar-refractivity contribution in [1.82, 2.24) is 44.9 Å². The van der Waals surface area contributed by atoms with Gasteiger partial charge >= 0.3 is 12.2 Å². The number of methoxy groups -OCH3 is 2. The fourth-order valence-electron chi connectivity index (χ4n) is 11.7. The standard InChI is InChI=1S/C54H61F2N9O8S/c1-27-19-33(20-28(2)72-27)45(61-52(68)70-5)49(66)63-17-7-9-38(63)47-57-25-35(59-47)30-13-14-37-32(21-30)23-40-44-34(55)22-31(24-41(44)73-51(65(37)40)43-16-15-42(74-43)29-11-12-29)36-26-58-48(60-36)39-10-8-18-64(39)50(67)46(54(3,4)56)62-53(69)71-6/h13-16,21-29,33,38-39,45-46,51H,7-12,17-20H2,1-6H3,(H,57,59)(H,58,60)(H,61,68)(H,62,69)/t27-,28+,33?,38-,39+,45+,46+,51?/m1/s1. The summed E-state index contributed by atoms with van der Waals surface area (Å²) >= 11 is 1.71. The number of rotatable bonds is 12. The third-order valence-electron chi connectivity index (χ3n) is 15.3. The SMILES string of the molecule is COC(=O)N[C@H](C(=O)N1CCC[C@@H]1c1ncc(-c2ccc3c(c2)cc2n3C(c3ccc(C4CC4)s3)Oc3cc(-c4cnc([C@@H]5CCCN5C(=O)[C@H](NC(=O)OC)C(C)(C)F)[nH]4)cc(F)c3-2)[nH]1)C1C[C@@H](C)O[C@@H](C)C1. The molecule has 4 aliphatic heterocycles. The number of ether oxygens (including phenoxy) is 4. The Morgan fingerprint density at radius 1 is 0.797 bits per heavy atom. The third kappa shape index (κ3) is 9.28. The fourth-order valence-corrected chi connectivity index (χ4v) is 12.9. The minimum Gasteiger partial charge on any atom is -0.464 e. The Kier molecular flexibility index (Phi) is 13.0. The van der Waals surface area contributed by atoms with Crippen LogP contribution < -0.4 is 15.4 Å². The zero-order valence-electron chi connectivity index (χ0n) is 42.2. The van der Waals surface area contributed by atoms with E-state index in [4.69, 9.17) is 19.2 Å². The lowest BCUT2D eigenvalue weighted by molar-refractivity contribution is -0.139. The third-order valence-corrected chi connectivity index (χ3v) is 16.6.